The molecule has 0 saturated carbocycles. The number of para-hydroxylation sites is 1. The Hall–Kier alpha value is -2.01. The standard InChI is InChI=1S/C16H16F3NO/c1-20-10-12-6-8-13(9-7-12)11-21-15-5-3-2-4-14(15)16(17,18)19/h2-9,20H,10-11H2,1H3. The van der Waals surface area contributed by atoms with Crippen LogP contribution >= 0.6 is 0 Å². The molecule has 5 heteroatoms. The van der Waals surface area contributed by atoms with E-state index in [-0.39, 0.29) is 12.4 Å². The van der Waals surface area contributed by atoms with Crippen molar-refractivity contribution in [1.29, 1.82) is 0 Å². The Labute approximate surface area is 121 Å². The molecule has 0 bridgehead atoms. The molecule has 2 aromatic rings. The van der Waals surface area contributed by atoms with E-state index in [1.165, 1.54) is 18.2 Å². The smallest absolute Gasteiger partial charge is 0.419 e. The van der Waals surface area contributed by atoms with Crippen molar-refractivity contribution in [2.45, 2.75) is 19.3 Å². The second-order valence-corrected chi connectivity index (χ2v) is 4.63. The Morgan fingerprint density at radius 3 is 2.19 bits per heavy atom. The molecule has 0 aliphatic heterocycles. The predicted molar refractivity (Wildman–Crippen MR) is 75.0 cm³/mol. The molecule has 0 aliphatic rings. The summed E-state index contributed by atoms with van der Waals surface area (Å²) in [6.07, 6.45) is -4.41. The minimum atomic E-state index is -4.41. The zero-order chi connectivity index (χ0) is 15.3. The van der Waals surface area contributed by atoms with Crippen LogP contribution in [0.4, 0.5) is 13.2 Å². The van der Waals surface area contributed by atoms with E-state index in [9.17, 15) is 13.2 Å². The van der Waals surface area contributed by atoms with E-state index in [0.29, 0.717) is 0 Å². The molecule has 0 heterocycles. The normalized spacial score (nSPS) is 11.4. The van der Waals surface area contributed by atoms with Crippen LogP contribution in [0.25, 0.3) is 0 Å². The first kappa shape index (κ1) is 15.4. The zero-order valence-corrected chi connectivity index (χ0v) is 11.6. The summed E-state index contributed by atoms with van der Waals surface area (Å²) in [5, 5.41) is 3.03. The van der Waals surface area contributed by atoms with E-state index in [4.69, 9.17) is 4.74 Å². The molecule has 0 spiro atoms. The zero-order valence-electron chi connectivity index (χ0n) is 11.6. The van der Waals surface area contributed by atoms with Crippen molar-refractivity contribution in [3.63, 3.8) is 0 Å². The molecule has 0 atom stereocenters. The highest BCUT2D eigenvalue weighted by molar-refractivity contribution is 5.35. The van der Waals surface area contributed by atoms with E-state index in [0.717, 1.165) is 23.7 Å². The van der Waals surface area contributed by atoms with Crippen molar-refractivity contribution in [2.24, 2.45) is 0 Å². The molecule has 2 rings (SSSR count). The van der Waals surface area contributed by atoms with Crippen LogP contribution in [0.5, 0.6) is 5.75 Å². The summed E-state index contributed by atoms with van der Waals surface area (Å²) in [5.41, 5.74) is 1.18. The number of hydrogen-bond acceptors (Lipinski definition) is 2. The highest BCUT2D eigenvalue weighted by Gasteiger charge is 2.33. The van der Waals surface area contributed by atoms with Crippen molar-refractivity contribution < 1.29 is 17.9 Å². The number of halogens is 3. The molecule has 0 amide bonds. The summed E-state index contributed by atoms with van der Waals surface area (Å²) < 4.78 is 43.8. The number of rotatable bonds is 5. The molecule has 0 saturated heterocycles. The molecular formula is C16H16F3NO. The van der Waals surface area contributed by atoms with Gasteiger partial charge >= 0.3 is 6.18 Å². The topological polar surface area (TPSA) is 21.3 Å². The van der Waals surface area contributed by atoms with Gasteiger partial charge in [0.15, 0.2) is 0 Å². The first-order valence-electron chi connectivity index (χ1n) is 6.52. The second kappa shape index (κ2) is 6.63. The summed E-state index contributed by atoms with van der Waals surface area (Å²) in [7, 11) is 1.85. The van der Waals surface area contributed by atoms with Gasteiger partial charge in [-0.25, -0.2) is 0 Å². The minimum Gasteiger partial charge on any atom is -0.488 e. The van der Waals surface area contributed by atoms with Gasteiger partial charge < -0.3 is 10.1 Å². The molecular weight excluding hydrogens is 279 g/mol. The lowest BCUT2D eigenvalue weighted by Gasteiger charge is -2.13. The fraction of sp³-hybridized carbons (Fsp3) is 0.250. The van der Waals surface area contributed by atoms with Gasteiger partial charge in [0.05, 0.1) is 5.56 Å². The Balaban J connectivity index is 2.06. The van der Waals surface area contributed by atoms with Crippen molar-refractivity contribution in [2.75, 3.05) is 7.05 Å². The van der Waals surface area contributed by atoms with Crippen LogP contribution in [0.3, 0.4) is 0 Å². The Morgan fingerprint density at radius 1 is 0.952 bits per heavy atom. The summed E-state index contributed by atoms with van der Waals surface area (Å²) in [4.78, 5) is 0. The maximum Gasteiger partial charge on any atom is 0.419 e. The van der Waals surface area contributed by atoms with Crippen LogP contribution in [-0.2, 0) is 19.3 Å². The van der Waals surface area contributed by atoms with Crippen LogP contribution in [0, 0.1) is 0 Å². The Morgan fingerprint density at radius 2 is 1.57 bits per heavy atom. The van der Waals surface area contributed by atoms with Crippen molar-refractivity contribution in [3.05, 3.63) is 65.2 Å². The number of ether oxygens (including phenoxy) is 1. The summed E-state index contributed by atoms with van der Waals surface area (Å²) in [6, 6.07) is 12.8. The van der Waals surface area contributed by atoms with Gasteiger partial charge in [-0.05, 0) is 30.3 Å². The van der Waals surface area contributed by atoms with Gasteiger partial charge in [-0.2, -0.15) is 13.2 Å². The molecule has 2 nitrogen and oxygen atoms in total. The SMILES string of the molecule is CNCc1ccc(COc2ccccc2C(F)(F)F)cc1. The van der Waals surface area contributed by atoms with E-state index >= 15 is 0 Å². The van der Waals surface area contributed by atoms with Gasteiger partial charge in [0.2, 0.25) is 0 Å². The van der Waals surface area contributed by atoms with Crippen molar-refractivity contribution in [3.8, 4) is 5.75 Å². The lowest BCUT2D eigenvalue weighted by Crippen LogP contribution is -2.08. The van der Waals surface area contributed by atoms with Gasteiger partial charge in [0, 0.05) is 6.54 Å². The third-order valence-electron chi connectivity index (χ3n) is 2.99. The van der Waals surface area contributed by atoms with E-state index in [1.54, 1.807) is 0 Å². The van der Waals surface area contributed by atoms with Gasteiger partial charge in [-0.15, -0.1) is 0 Å². The van der Waals surface area contributed by atoms with Crippen LogP contribution < -0.4 is 10.1 Å². The van der Waals surface area contributed by atoms with E-state index in [2.05, 4.69) is 5.32 Å². The number of hydrogen-bond donors (Lipinski definition) is 1. The molecule has 1 N–H and O–H groups in total. The van der Waals surface area contributed by atoms with Gasteiger partial charge in [0.1, 0.15) is 12.4 Å². The second-order valence-electron chi connectivity index (χ2n) is 4.63. The Kier molecular flexibility index (Phi) is 4.85. The van der Waals surface area contributed by atoms with E-state index in [1.807, 2.05) is 31.3 Å². The molecule has 0 fully saturated rings. The number of alkyl halides is 3. The Bertz CT molecular complexity index is 579. The van der Waals surface area contributed by atoms with Gasteiger partial charge in [-0.3, -0.25) is 0 Å². The van der Waals surface area contributed by atoms with Gasteiger partial charge in [0.25, 0.3) is 0 Å². The molecule has 0 radical (unpaired) electrons. The largest absolute Gasteiger partial charge is 0.488 e. The average molecular weight is 295 g/mol. The van der Waals surface area contributed by atoms with Gasteiger partial charge in [-0.1, -0.05) is 36.4 Å². The van der Waals surface area contributed by atoms with Crippen LogP contribution in [0.15, 0.2) is 48.5 Å². The summed E-state index contributed by atoms with van der Waals surface area (Å²) in [5.74, 6) is -0.149. The minimum absolute atomic E-state index is 0.104. The van der Waals surface area contributed by atoms with Crippen molar-refractivity contribution >= 4 is 0 Å². The molecule has 0 aliphatic carbocycles. The average Bonchev–Trinajstić information content (AvgIpc) is 2.46. The third-order valence-corrected chi connectivity index (χ3v) is 2.99. The summed E-state index contributed by atoms with van der Waals surface area (Å²) in [6.45, 7) is 0.852. The third kappa shape index (κ3) is 4.23. The van der Waals surface area contributed by atoms with Crippen LogP contribution in [0.2, 0.25) is 0 Å². The quantitative estimate of drug-likeness (QED) is 0.900. The predicted octanol–water partition coefficient (Wildman–Crippen LogP) is 4.00. The monoisotopic (exact) mass is 295 g/mol. The first-order chi connectivity index (χ1) is 10.0. The maximum absolute atomic E-state index is 12.8. The fourth-order valence-corrected chi connectivity index (χ4v) is 1.95. The van der Waals surface area contributed by atoms with E-state index < -0.39 is 11.7 Å². The fourth-order valence-electron chi connectivity index (χ4n) is 1.95. The van der Waals surface area contributed by atoms with Crippen molar-refractivity contribution in [1.82, 2.24) is 5.32 Å². The lowest BCUT2D eigenvalue weighted by molar-refractivity contribution is -0.139. The number of nitrogens with one attached hydrogen (secondary N) is 1. The maximum atomic E-state index is 12.8. The molecule has 112 valence electrons. The first-order valence-corrected chi connectivity index (χ1v) is 6.52. The lowest BCUT2D eigenvalue weighted by atomic mass is 10.1. The van der Waals surface area contributed by atoms with Crippen LogP contribution in [0.1, 0.15) is 16.7 Å². The highest BCUT2D eigenvalue weighted by Crippen LogP contribution is 2.36. The number of benzene rings is 2. The van der Waals surface area contributed by atoms with Crippen LogP contribution in [-0.4, -0.2) is 7.05 Å². The molecule has 21 heavy (non-hydrogen) atoms. The molecule has 2 aromatic carbocycles. The molecule has 0 unspecified atom stereocenters. The molecule has 0 aromatic heterocycles. The summed E-state index contributed by atoms with van der Waals surface area (Å²) >= 11 is 0. The highest BCUT2D eigenvalue weighted by atomic mass is 19.4.